The molecule has 0 aliphatic carbocycles. The molecule has 1 unspecified atom stereocenters. The van der Waals surface area contributed by atoms with Crippen LogP contribution in [0.2, 0.25) is 0 Å². The van der Waals surface area contributed by atoms with Gasteiger partial charge in [0.15, 0.2) is 0 Å². The van der Waals surface area contributed by atoms with Crippen LogP contribution < -0.4 is 0 Å². The first-order chi connectivity index (χ1) is 10.1. The zero-order chi connectivity index (χ0) is 14.8. The van der Waals surface area contributed by atoms with E-state index in [1.165, 1.54) is 12.1 Å². The van der Waals surface area contributed by atoms with Crippen LogP contribution in [-0.4, -0.2) is 33.5 Å². The van der Waals surface area contributed by atoms with Gasteiger partial charge in [-0.25, -0.2) is 4.39 Å². The molecule has 1 N–H and O–H groups in total. The molecule has 1 saturated heterocycles. The van der Waals surface area contributed by atoms with Crippen molar-refractivity contribution in [1.82, 2.24) is 9.88 Å². The normalized spacial score (nSPS) is 19.2. The molecule has 1 aromatic heterocycles. The van der Waals surface area contributed by atoms with Crippen LogP contribution >= 0.6 is 0 Å². The maximum Gasteiger partial charge on any atom is 0.304 e. The monoisotopic (exact) mass is 288 g/mol. The molecule has 0 radical (unpaired) electrons. The summed E-state index contributed by atoms with van der Waals surface area (Å²) in [6.45, 7) is 1.39. The van der Waals surface area contributed by atoms with Gasteiger partial charge in [-0.05, 0) is 43.1 Å². The highest BCUT2D eigenvalue weighted by molar-refractivity contribution is 5.81. The molecule has 21 heavy (non-hydrogen) atoms. The number of likely N-dealkylation sites (tertiary alicyclic amines) is 1. The Morgan fingerprint density at radius 3 is 3.14 bits per heavy atom. The molecule has 0 saturated carbocycles. The van der Waals surface area contributed by atoms with Gasteiger partial charge >= 0.3 is 5.97 Å². The zero-order valence-electron chi connectivity index (χ0n) is 11.6. The minimum atomic E-state index is -0.783. The Bertz CT molecular complexity index is 674. The number of pyridine rings is 1. The van der Waals surface area contributed by atoms with E-state index in [0.717, 1.165) is 35.9 Å². The molecular weight excluding hydrogens is 271 g/mol. The summed E-state index contributed by atoms with van der Waals surface area (Å²) in [7, 11) is 0. The van der Waals surface area contributed by atoms with E-state index in [0.29, 0.717) is 6.54 Å². The lowest BCUT2D eigenvalue weighted by atomic mass is 10.1. The molecule has 0 bridgehead atoms. The number of nitrogens with zero attached hydrogens (tertiary/aromatic N) is 2. The molecule has 4 nitrogen and oxygen atoms in total. The minimum absolute atomic E-state index is 0.0320. The van der Waals surface area contributed by atoms with Crippen LogP contribution in [0.25, 0.3) is 10.9 Å². The van der Waals surface area contributed by atoms with E-state index in [-0.39, 0.29) is 18.3 Å². The van der Waals surface area contributed by atoms with Crippen molar-refractivity contribution < 1.29 is 14.3 Å². The van der Waals surface area contributed by atoms with Crippen molar-refractivity contribution in [1.29, 1.82) is 0 Å². The zero-order valence-corrected chi connectivity index (χ0v) is 11.6. The fraction of sp³-hybridized carbons (Fsp3) is 0.375. The quantitative estimate of drug-likeness (QED) is 0.940. The topological polar surface area (TPSA) is 53.4 Å². The molecule has 3 rings (SSSR count). The number of hydrogen-bond donors (Lipinski definition) is 1. The lowest BCUT2D eigenvalue weighted by molar-refractivity contribution is -0.138. The van der Waals surface area contributed by atoms with Crippen LogP contribution in [0.3, 0.4) is 0 Å². The van der Waals surface area contributed by atoms with E-state index in [9.17, 15) is 9.18 Å². The maximum atomic E-state index is 13.7. The number of hydrogen-bond acceptors (Lipinski definition) is 3. The van der Waals surface area contributed by atoms with Gasteiger partial charge in [-0.1, -0.05) is 6.07 Å². The lowest BCUT2D eigenvalue weighted by Crippen LogP contribution is -2.31. The van der Waals surface area contributed by atoms with Gasteiger partial charge in [0.25, 0.3) is 0 Å². The summed E-state index contributed by atoms with van der Waals surface area (Å²) in [4.78, 5) is 17.4. The van der Waals surface area contributed by atoms with E-state index < -0.39 is 5.97 Å². The largest absolute Gasteiger partial charge is 0.481 e. The Balaban J connectivity index is 1.89. The van der Waals surface area contributed by atoms with Crippen molar-refractivity contribution in [2.45, 2.75) is 31.8 Å². The number of aliphatic carboxylic acids is 1. The summed E-state index contributed by atoms with van der Waals surface area (Å²) in [5.41, 5.74) is 1.61. The molecular formula is C16H17FN2O2. The molecule has 1 aliphatic rings. The van der Waals surface area contributed by atoms with Gasteiger partial charge in [0.1, 0.15) is 5.82 Å². The fourth-order valence-corrected chi connectivity index (χ4v) is 3.10. The molecule has 0 spiro atoms. The Morgan fingerprint density at radius 1 is 1.48 bits per heavy atom. The molecule has 5 heteroatoms. The summed E-state index contributed by atoms with van der Waals surface area (Å²) < 4.78 is 13.7. The summed E-state index contributed by atoms with van der Waals surface area (Å²) >= 11 is 0. The van der Waals surface area contributed by atoms with Gasteiger partial charge in [-0.3, -0.25) is 14.7 Å². The van der Waals surface area contributed by atoms with E-state index in [1.54, 1.807) is 12.3 Å². The number of carboxylic acids is 1. The first-order valence-corrected chi connectivity index (χ1v) is 7.12. The predicted octanol–water partition coefficient (Wildman–Crippen LogP) is 2.81. The van der Waals surface area contributed by atoms with Gasteiger partial charge in [0.05, 0.1) is 11.9 Å². The van der Waals surface area contributed by atoms with Gasteiger partial charge in [0, 0.05) is 24.2 Å². The van der Waals surface area contributed by atoms with Crippen LogP contribution in [0.15, 0.2) is 30.5 Å². The van der Waals surface area contributed by atoms with Gasteiger partial charge < -0.3 is 5.11 Å². The second kappa shape index (κ2) is 5.77. The van der Waals surface area contributed by atoms with Crippen molar-refractivity contribution in [3.05, 3.63) is 41.8 Å². The maximum absolute atomic E-state index is 13.7. The molecule has 1 aliphatic heterocycles. The summed E-state index contributed by atoms with van der Waals surface area (Å²) in [5, 5.41) is 9.75. The van der Waals surface area contributed by atoms with Crippen molar-refractivity contribution >= 4 is 16.9 Å². The number of carboxylic acid groups (broad SMARTS) is 1. The van der Waals surface area contributed by atoms with Crippen molar-refractivity contribution in [2.75, 3.05) is 6.54 Å². The second-order valence-electron chi connectivity index (χ2n) is 5.50. The smallest absolute Gasteiger partial charge is 0.304 e. The highest BCUT2D eigenvalue weighted by atomic mass is 19.1. The third-order valence-electron chi connectivity index (χ3n) is 4.03. The SMILES string of the molecule is O=C(O)CC1CCCN1Cc1cc(F)cc2cccnc12. The highest BCUT2D eigenvalue weighted by Gasteiger charge is 2.27. The second-order valence-corrected chi connectivity index (χ2v) is 5.50. The standard InChI is InChI=1S/C16H17FN2O2/c17-13-7-11-3-1-5-18-16(11)12(8-13)10-19-6-2-4-14(19)9-15(20)21/h1,3,5,7-8,14H,2,4,6,9-10H2,(H,20,21). The van der Waals surface area contributed by atoms with Crippen molar-refractivity contribution in [3.8, 4) is 0 Å². The number of rotatable bonds is 4. The molecule has 1 fully saturated rings. The molecule has 1 aromatic carbocycles. The molecule has 0 amide bonds. The Morgan fingerprint density at radius 2 is 2.33 bits per heavy atom. The molecule has 2 aromatic rings. The first kappa shape index (κ1) is 13.9. The Labute approximate surface area is 122 Å². The fourth-order valence-electron chi connectivity index (χ4n) is 3.10. The summed E-state index contributed by atoms with van der Waals surface area (Å²) in [6, 6.07) is 6.64. The van der Waals surface area contributed by atoms with Crippen molar-refractivity contribution in [2.24, 2.45) is 0 Å². The van der Waals surface area contributed by atoms with Gasteiger partial charge in [-0.15, -0.1) is 0 Å². The van der Waals surface area contributed by atoms with Crippen LogP contribution in [0, 0.1) is 5.82 Å². The predicted molar refractivity (Wildman–Crippen MR) is 77.4 cm³/mol. The number of aromatic nitrogens is 1. The van der Waals surface area contributed by atoms with Crippen LogP contribution in [0.5, 0.6) is 0 Å². The number of halogens is 1. The van der Waals surface area contributed by atoms with Crippen molar-refractivity contribution in [3.63, 3.8) is 0 Å². The Kier molecular flexibility index (Phi) is 3.84. The molecule has 2 heterocycles. The van der Waals surface area contributed by atoms with Gasteiger partial charge in [-0.2, -0.15) is 0 Å². The van der Waals surface area contributed by atoms with E-state index >= 15 is 0 Å². The molecule has 110 valence electrons. The van der Waals surface area contributed by atoms with E-state index in [4.69, 9.17) is 5.11 Å². The lowest BCUT2D eigenvalue weighted by Gasteiger charge is -2.23. The minimum Gasteiger partial charge on any atom is -0.481 e. The third kappa shape index (κ3) is 3.03. The van der Waals surface area contributed by atoms with Crippen LogP contribution in [-0.2, 0) is 11.3 Å². The van der Waals surface area contributed by atoms with Crippen LogP contribution in [0.4, 0.5) is 4.39 Å². The average Bonchev–Trinajstić information content (AvgIpc) is 2.85. The van der Waals surface area contributed by atoms with Gasteiger partial charge in [0.2, 0.25) is 0 Å². The summed E-state index contributed by atoms with van der Waals surface area (Å²) in [5.74, 6) is -1.06. The van der Waals surface area contributed by atoms with E-state index in [2.05, 4.69) is 9.88 Å². The number of benzene rings is 1. The summed E-state index contributed by atoms with van der Waals surface area (Å²) in [6.07, 6.45) is 3.70. The van der Waals surface area contributed by atoms with E-state index in [1.807, 2.05) is 6.07 Å². The Hall–Kier alpha value is -2.01. The third-order valence-corrected chi connectivity index (χ3v) is 4.03. The highest BCUT2D eigenvalue weighted by Crippen LogP contribution is 2.26. The number of carbonyl (C=O) groups is 1. The number of fused-ring (bicyclic) bond motifs is 1. The first-order valence-electron chi connectivity index (χ1n) is 7.12. The average molecular weight is 288 g/mol. The molecule has 1 atom stereocenters. The van der Waals surface area contributed by atoms with Crippen LogP contribution in [0.1, 0.15) is 24.8 Å².